The van der Waals surface area contributed by atoms with Gasteiger partial charge in [-0.15, -0.1) is 0 Å². The number of carbonyl (C=O) groups excluding carboxylic acids is 1. The average Bonchev–Trinajstić information content (AvgIpc) is 3.20. The molecule has 0 unspecified atom stereocenters. The van der Waals surface area contributed by atoms with Crippen molar-refractivity contribution in [3.63, 3.8) is 0 Å². The largest absolute Gasteiger partial charge is 0.348 e. The molecule has 1 N–H and O–H groups in total. The van der Waals surface area contributed by atoms with Gasteiger partial charge in [-0.1, -0.05) is 35.9 Å². The number of benzene rings is 2. The van der Waals surface area contributed by atoms with Crippen molar-refractivity contribution in [1.82, 2.24) is 25.1 Å². The Kier molecular flexibility index (Phi) is 4.85. The molecule has 0 radical (unpaired) electrons. The molecule has 0 fully saturated rings. The molecule has 2 aromatic heterocycles. The van der Waals surface area contributed by atoms with Gasteiger partial charge in [-0.05, 0) is 43.2 Å². The number of aryl methyl sites for hydroxylation is 2. The number of hydrogen-bond donors (Lipinski definition) is 1. The van der Waals surface area contributed by atoms with E-state index in [4.69, 9.17) is 0 Å². The Morgan fingerprint density at radius 3 is 2.57 bits per heavy atom. The zero-order chi connectivity index (χ0) is 19.5. The molecule has 1 amide bonds. The highest BCUT2D eigenvalue weighted by Gasteiger charge is 2.11. The highest BCUT2D eigenvalue weighted by molar-refractivity contribution is 5.98. The number of aromatic nitrogens is 4. The second kappa shape index (κ2) is 7.60. The Morgan fingerprint density at radius 1 is 1.04 bits per heavy atom. The van der Waals surface area contributed by atoms with Crippen LogP contribution in [0.1, 0.15) is 32.7 Å². The van der Waals surface area contributed by atoms with Crippen LogP contribution in [-0.4, -0.2) is 25.7 Å². The zero-order valence-corrected chi connectivity index (χ0v) is 15.9. The Hall–Kier alpha value is -3.54. The van der Waals surface area contributed by atoms with E-state index in [2.05, 4.69) is 20.4 Å². The first-order chi connectivity index (χ1) is 13.6. The van der Waals surface area contributed by atoms with Crippen LogP contribution in [0.3, 0.4) is 0 Å². The fraction of sp³-hybridized carbons (Fsp3) is 0.182. The maximum Gasteiger partial charge on any atom is 0.253 e. The number of nitrogens with one attached hydrogen (secondary N) is 1. The predicted octanol–water partition coefficient (Wildman–Crippen LogP) is 3.42. The summed E-state index contributed by atoms with van der Waals surface area (Å²) in [7, 11) is 0. The molecule has 0 aliphatic carbocycles. The lowest BCUT2D eigenvalue weighted by molar-refractivity contribution is 0.0950. The van der Waals surface area contributed by atoms with Gasteiger partial charge in [0.2, 0.25) is 0 Å². The molecule has 4 rings (SSSR count). The topological polar surface area (TPSA) is 72.7 Å². The summed E-state index contributed by atoms with van der Waals surface area (Å²) in [5, 5.41) is 8.08. The lowest BCUT2D eigenvalue weighted by Crippen LogP contribution is -2.24. The van der Waals surface area contributed by atoms with Gasteiger partial charge in [0.15, 0.2) is 0 Å². The van der Waals surface area contributed by atoms with E-state index in [1.165, 1.54) is 6.33 Å². The molecule has 4 aromatic rings. The van der Waals surface area contributed by atoms with Gasteiger partial charge in [-0.2, -0.15) is 5.10 Å². The van der Waals surface area contributed by atoms with Crippen LogP contribution in [0.5, 0.6) is 0 Å². The van der Waals surface area contributed by atoms with Crippen molar-refractivity contribution in [3.05, 3.63) is 89.1 Å². The van der Waals surface area contributed by atoms with Gasteiger partial charge in [-0.3, -0.25) is 9.78 Å². The number of amides is 1. The Balaban J connectivity index is 1.44. The number of nitrogens with zero attached hydrogens (tertiary/aromatic N) is 4. The molecule has 2 aromatic carbocycles. The minimum Gasteiger partial charge on any atom is -0.348 e. The second-order valence-corrected chi connectivity index (χ2v) is 6.91. The van der Waals surface area contributed by atoms with Gasteiger partial charge in [-0.25, -0.2) is 9.67 Å². The second-order valence-electron chi connectivity index (χ2n) is 6.91. The molecule has 0 bridgehead atoms. The molecular formula is C22H21N5O. The maximum atomic E-state index is 12.7. The molecule has 6 heteroatoms. The summed E-state index contributed by atoms with van der Waals surface area (Å²) in [5.74, 6) is -0.111. The summed E-state index contributed by atoms with van der Waals surface area (Å²) in [6.45, 7) is 5.04. The SMILES string of the molecule is Cc1ccc2nc(C)c(C(=O)NCc3ccc(Cn4cncn4)cc3)cc2c1. The van der Waals surface area contributed by atoms with Gasteiger partial charge in [0.25, 0.3) is 5.91 Å². The van der Waals surface area contributed by atoms with Crippen molar-refractivity contribution < 1.29 is 4.79 Å². The Morgan fingerprint density at radius 2 is 1.82 bits per heavy atom. The standard InChI is InChI=1S/C22H21N5O/c1-15-3-8-21-19(9-15)10-20(16(2)26-21)22(28)24-11-17-4-6-18(7-5-17)12-27-14-23-13-25-27/h3-10,13-14H,11-12H2,1-2H3,(H,24,28). The molecule has 2 heterocycles. The van der Waals surface area contributed by atoms with E-state index < -0.39 is 0 Å². The van der Waals surface area contributed by atoms with Crippen molar-refractivity contribution in [2.75, 3.05) is 0 Å². The first kappa shape index (κ1) is 17.9. The van der Waals surface area contributed by atoms with Crippen molar-refractivity contribution >= 4 is 16.8 Å². The van der Waals surface area contributed by atoms with Gasteiger partial charge in [0.05, 0.1) is 23.3 Å². The molecule has 0 spiro atoms. The minimum atomic E-state index is -0.111. The lowest BCUT2D eigenvalue weighted by Gasteiger charge is -2.10. The normalized spacial score (nSPS) is 10.9. The van der Waals surface area contributed by atoms with E-state index in [1.54, 1.807) is 11.0 Å². The van der Waals surface area contributed by atoms with Gasteiger partial charge in [0.1, 0.15) is 12.7 Å². The van der Waals surface area contributed by atoms with E-state index in [1.807, 2.05) is 62.4 Å². The van der Waals surface area contributed by atoms with Crippen LogP contribution in [0.15, 0.2) is 61.2 Å². The van der Waals surface area contributed by atoms with E-state index in [0.717, 1.165) is 33.3 Å². The maximum absolute atomic E-state index is 12.7. The molecule has 0 aliphatic rings. The number of fused-ring (bicyclic) bond motifs is 1. The van der Waals surface area contributed by atoms with Crippen LogP contribution >= 0.6 is 0 Å². The Labute approximate surface area is 163 Å². The van der Waals surface area contributed by atoms with Crippen LogP contribution in [-0.2, 0) is 13.1 Å². The van der Waals surface area contributed by atoms with E-state index in [0.29, 0.717) is 18.7 Å². The van der Waals surface area contributed by atoms with Crippen LogP contribution in [0.25, 0.3) is 10.9 Å². The smallest absolute Gasteiger partial charge is 0.253 e. The quantitative estimate of drug-likeness (QED) is 0.583. The number of carbonyl (C=O) groups is 1. The predicted molar refractivity (Wildman–Crippen MR) is 108 cm³/mol. The summed E-state index contributed by atoms with van der Waals surface area (Å²) < 4.78 is 1.77. The Bertz CT molecular complexity index is 1120. The molecule has 6 nitrogen and oxygen atoms in total. The summed E-state index contributed by atoms with van der Waals surface area (Å²) >= 11 is 0. The van der Waals surface area contributed by atoms with Gasteiger partial charge < -0.3 is 5.32 Å². The number of rotatable bonds is 5. The van der Waals surface area contributed by atoms with Gasteiger partial charge >= 0.3 is 0 Å². The number of hydrogen-bond acceptors (Lipinski definition) is 4. The summed E-state index contributed by atoms with van der Waals surface area (Å²) in [6, 6.07) is 16.1. The third kappa shape index (κ3) is 3.91. The monoisotopic (exact) mass is 371 g/mol. The summed E-state index contributed by atoms with van der Waals surface area (Å²) in [4.78, 5) is 21.2. The van der Waals surface area contributed by atoms with Crippen molar-refractivity contribution in [1.29, 1.82) is 0 Å². The highest BCUT2D eigenvalue weighted by atomic mass is 16.1. The van der Waals surface area contributed by atoms with Crippen LogP contribution in [0.4, 0.5) is 0 Å². The molecule has 0 atom stereocenters. The third-order valence-electron chi connectivity index (χ3n) is 4.69. The van der Waals surface area contributed by atoms with Crippen LogP contribution in [0.2, 0.25) is 0 Å². The van der Waals surface area contributed by atoms with E-state index >= 15 is 0 Å². The summed E-state index contributed by atoms with van der Waals surface area (Å²) in [5.41, 5.74) is 5.57. The molecule has 140 valence electrons. The minimum absolute atomic E-state index is 0.111. The first-order valence-electron chi connectivity index (χ1n) is 9.15. The number of pyridine rings is 1. The molecule has 0 aliphatic heterocycles. The van der Waals surface area contributed by atoms with Crippen molar-refractivity contribution in [3.8, 4) is 0 Å². The van der Waals surface area contributed by atoms with Gasteiger partial charge in [0, 0.05) is 11.9 Å². The first-order valence-corrected chi connectivity index (χ1v) is 9.15. The van der Waals surface area contributed by atoms with E-state index in [-0.39, 0.29) is 5.91 Å². The van der Waals surface area contributed by atoms with Crippen LogP contribution < -0.4 is 5.32 Å². The van der Waals surface area contributed by atoms with Crippen molar-refractivity contribution in [2.24, 2.45) is 0 Å². The van der Waals surface area contributed by atoms with E-state index in [9.17, 15) is 4.79 Å². The third-order valence-corrected chi connectivity index (χ3v) is 4.69. The van der Waals surface area contributed by atoms with Crippen molar-refractivity contribution in [2.45, 2.75) is 26.9 Å². The summed E-state index contributed by atoms with van der Waals surface area (Å²) in [6.07, 6.45) is 3.21. The fourth-order valence-electron chi connectivity index (χ4n) is 3.16. The molecule has 28 heavy (non-hydrogen) atoms. The average molecular weight is 371 g/mol. The molecular weight excluding hydrogens is 350 g/mol. The van der Waals surface area contributed by atoms with Crippen LogP contribution in [0, 0.1) is 13.8 Å². The lowest BCUT2D eigenvalue weighted by atomic mass is 10.1. The molecule has 0 saturated carbocycles. The zero-order valence-electron chi connectivity index (χ0n) is 15.9. The molecule has 0 saturated heterocycles. The highest BCUT2D eigenvalue weighted by Crippen LogP contribution is 2.18. The fourth-order valence-corrected chi connectivity index (χ4v) is 3.16.